The zero-order valence-corrected chi connectivity index (χ0v) is 17.3. The van der Waals surface area contributed by atoms with Gasteiger partial charge in [0.15, 0.2) is 4.34 Å². The summed E-state index contributed by atoms with van der Waals surface area (Å²) in [5, 5.41) is 15.0. The number of para-hydroxylation sites is 3. The fourth-order valence-electron chi connectivity index (χ4n) is 3.12. The van der Waals surface area contributed by atoms with Crippen LogP contribution in [0.4, 0.5) is 22.2 Å². The minimum Gasteiger partial charge on any atom is -0.330 e. The van der Waals surface area contributed by atoms with Crippen LogP contribution in [0.3, 0.4) is 0 Å². The van der Waals surface area contributed by atoms with Crippen LogP contribution in [0.15, 0.2) is 58.9 Å². The van der Waals surface area contributed by atoms with Crippen molar-refractivity contribution in [3.8, 4) is 0 Å². The van der Waals surface area contributed by atoms with Crippen molar-refractivity contribution in [1.29, 1.82) is 0 Å². The molecule has 9 heteroatoms. The molecule has 2 amide bonds. The highest BCUT2D eigenvalue weighted by atomic mass is 32.2. The molecule has 2 heterocycles. The van der Waals surface area contributed by atoms with Gasteiger partial charge in [0.05, 0.1) is 17.1 Å². The maximum atomic E-state index is 13.0. The third kappa shape index (κ3) is 4.57. The predicted octanol–water partition coefficient (Wildman–Crippen LogP) is 4.14. The van der Waals surface area contributed by atoms with E-state index in [1.807, 2.05) is 61.5 Å². The van der Waals surface area contributed by atoms with Crippen molar-refractivity contribution in [3.05, 3.63) is 54.6 Å². The minimum atomic E-state index is -0.225. The second-order valence-electron chi connectivity index (χ2n) is 6.54. The average molecular weight is 426 g/mol. The first-order valence-corrected chi connectivity index (χ1v) is 10.9. The summed E-state index contributed by atoms with van der Waals surface area (Å²) < 4.78 is 0.710. The van der Waals surface area contributed by atoms with E-state index in [0.717, 1.165) is 11.4 Å². The van der Waals surface area contributed by atoms with Crippen molar-refractivity contribution >= 4 is 57.1 Å². The predicted molar refractivity (Wildman–Crippen MR) is 117 cm³/mol. The molecule has 3 aromatic rings. The molecule has 0 saturated carbocycles. The SMILES string of the molecule is C[C@@H]1CC(=O)Nc2ccccc2N1C(=O)CSc1nnc(Nc2ccccc2)s1. The number of thioether (sulfide) groups is 1. The lowest BCUT2D eigenvalue weighted by Gasteiger charge is -2.27. The molecule has 29 heavy (non-hydrogen) atoms. The summed E-state index contributed by atoms with van der Waals surface area (Å²) in [4.78, 5) is 26.8. The number of nitrogens with one attached hydrogen (secondary N) is 2. The van der Waals surface area contributed by atoms with Crippen molar-refractivity contribution in [3.63, 3.8) is 0 Å². The highest BCUT2D eigenvalue weighted by molar-refractivity contribution is 8.01. The highest BCUT2D eigenvalue weighted by Gasteiger charge is 2.29. The summed E-state index contributed by atoms with van der Waals surface area (Å²) in [6.45, 7) is 1.89. The van der Waals surface area contributed by atoms with Crippen LogP contribution < -0.4 is 15.5 Å². The van der Waals surface area contributed by atoms with Gasteiger partial charge in [-0.05, 0) is 31.2 Å². The van der Waals surface area contributed by atoms with E-state index in [1.54, 1.807) is 4.90 Å². The first-order chi connectivity index (χ1) is 14.1. The highest BCUT2D eigenvalue weighted by Crippen LogP contribution is 2.33. The van der Waals surface area contributed by atoms with Crippen molar-refractivity contribution in [2.75, 3.05) is 21.3 Å². The lowest BCUT2D eigenvalue weighted by atomic mass is 10.2. The van der Waals surface area contributed by atoms with Crippen molar-refractivity contribution in [1.82, 2.24) is 10.2 Å². The average Bonchev–Trinajstić information content (AvgIpc) is 3.10. The molecule has 0 spiro atoms. The Morgan fingerprint density at radius 1 is 1.21 bits per heavy atom. The van der Waals surface area contributed by atoms with E-state index in [2.05, 4.69) is 20.8 Å². The van der Waals surface area contributed by atoms with Gasteiger partial charge in [0.1, 0.15) is 0 Å². The van der Waals surface area contributed by atoms with Gasteiger partial charge in [-0.25, -0.2) is 0 Å². The first-order valence-electron chi connectivity index (χ1n) is 9.09. The molecule has 4 rings (SSSR count). The van der Waals surface area contributed by atoms with Crippen LogP contribution in [0.5, 0.6) is 0 Å². The quantitative estimate of drug-likeness (QED) is 0.598. The van der Waals surface area contributed by atoms with Crippen LogP contribution in [0.25, 0.3) is 0 Å². The molecule has 0 radical (unpaired) electrons. The van der Waals surface area contributed by atoms with Gasteiger partial charge in [0.2, 0.25) is 16.9 Å². The van der Waals surface area contributed by atoms with Gasteiger partial charge >= 0.3 is 0 Å². The normalized spacial score (nSPS) is 16.0. The lowest BCUT2D eigenvalue weighted by Crippen LogP contribution is -2.40. The maximum absolute atomic E-state index is 13.0. The Balaban J connectivity index is 1.44. The lowest BCUT2D eigenvalue weighted by molar-refractivity contribution is -0.117. The molecule has 1 aliphatic heterocycles. The van der Waals surface area contributed by atoms with E-state index >= 15 is 0 Å². The van der Waals surface area contributed by atoms with Crippen LogP contribution in [-0.4, -0.2) is 33.8 Å². The number of amides is 2. The topological polar surface area (TPSA) is 87.2 Å². The number of hydrogen-bond donors (Lipinski definition) is 2. The fraction of sp³-hybridized carbons (Fsp3) is 0.200. The van der Waals surface area contributed by atoms with E-state index < -0.39 is 0 Å². The van der Waals surface area contributed by atoms with E-state index in [4.69, 9.17) is 0 Å². The number of carbonyl (C=O) groups excluding carboxylic acids is 2. The van der Waals surface area contributed by atoms with E-state index in [0.29, 0.717) is 15.2 Å². The molecule has 0 aliphatic carbocycles. The van der Waals surface area contributed by atoms with Crippen molar-refractivity contribution < 1.29 is 9.59 Å². The summed E-state index contributed by atoms with van der Waals surface area (Å²) in [5.74, 6) is 0.0557. The maximum Gasteiger partial charge on any atom is 0.237 e. The van der Waals surface area contributed by atoms with Crippen LogP contribution in [0.1, 0.15) is 13.3 Å². The molecular formula is C20H19N5O2S2. The van der Waals surface area contributed by atoms with Crippen LogP contribution in [0.2, 0.25) is 0 Å². The molecule has 0 fully saturated rings. The minimum absolute atomic E-state index is 0.0702. The Labute approximate surface area is 176 Å². The number of aromatic nitrogens is 2. The summed E-state index contributed by atoms with van der Waals surface area (Å²) in [6, 6.07) is 16.9. The Morgan fingerprint density at radius 3 is 2.79 bits per heavy atom. The smallest absolute Gasteiger partial charge is 0.237 e. The zero-order chi connectivity index (χ0) is 20.2. The molecule has 2 N–H and O–H groups in total. The van der Waals surface area contributed by atoms with Gasteiger partial charge in [-0.3, -0.25) is 9.59 Å². The zero-order valence-electron chi connectivity index (χ0n) is 15.7. The fourth-order valence-corrected chi connectivity index (χ4v) is 4.76. The van der Waals surface area contributed by atoms with Gasteiger partial charge in [-0.2, -0.15) is 0 Å². The second-order valence-corrected chi connectivity index (χ2v) is 8.74. The third-order valence-electron chi connectivity index (χ3n) is 4.38. The number of carbonyl (C=O) groups is 2. The molecule has 0 unspecified atom stereocenters. The number of rotatable bonds is 5. The van der Waals surface area contributed by atoms with Crippen molar-refractivity contribution in [2.24, 2.45) is 0 Å². The molecule has 0 bridgehead atoms. The number of benzene rings is 2. The summed E-state index contributed by atoms with van der Waals surface area (Å²) in [7, 11) is 0. The number of nitrogens with zero attached hydrogens (tertiary/aromatic N) is 3. The molecule has 148 valence electrons. The molecule has 2 aromatic carbocycles. The largest absolute Gasteiger partial charge is 0.330 e. The van der Waals surface area contributed by atoms with E-state index in [1.165, 1.54) is 23.1 Å². The van der Waals surface area contributed by atoms with Gasteiger partial charge in [-0.1, -0.05) is 53.4 Å². The first kappa shape index (κ1) is 19.4. The van der Waals surface area contributed by atoms with Crippen LogP contribution in [-0.2, 0) is 9.59 Å². The standard InChI is InChI=1S/C20H19N5O2S2/c1-13-11-17(26)22-15-9-5-6-10-16(15)25(13)18(27)12-28-20-24-23-19(29-20)21-14-7-3-2-4-8-14/h2-10,13H,11-12H2,1H3,(H,21,23)(H,22,26)/t13-/m1/s1. The van der Waals surface area contributed by atoms with E-state index in [-0.39, 0.29) is 30.0 Å². The molecular weight excluding hydrogens is 406 g/mol. The Bertz CT molecular complexity index is 1020. The van der Waals surface area contributed by atoms with Crippen molar-refractivity contribution in [2.45, 2.75) is 23.7 Å². The van der Waals surface area contributed by atoms with Crippen LogP contribution >= 0.6 is 23.1 Å². The molecule has 1 aliphatic rings. The number of fused-ring (bicyclic) bond motifs is 1. The molecule has 1 aromatic heterocycles. The third-order valence-corrected chi connectivity index (χ3v) is 6.34. The Kier molecular flexibility index (Phi) is 5.77. The van der Waals surface area contributed by atoms with E-state index in [9.17, 15) is 9.59 Å². The molecule has 0 saturated heterocycles. The van der Waals surface area contributed by atoms with Gasteiger partial charge in [0, 0.05) is 18.2 Å². The summed E-state index contributed by atoms with van der Waals surface area (Å²) in [5.41, 5.74) is 2.31. The number of hydrogen-bond acceptors (Lipinski definition) is 7. The monoisotopic (exact) mass is 425 g/mol. The second kappa shape index (κ2) is 8.62. The Hall–Kier alpha value is -2.91. The summed E-state index contributed by atoms with van der Waals surface area (Å²) in [6.07, 6.45) is 0.259. The molecule has 7 nitrogen and oxygen atoms in total. The van der Waals surface area contributed by atoms with Gasteiger partial charge in [0.25, 0.3) is 0 Å². The van der Waals surface area contributed by atoms with Crippen LogP contribution in [0, 0.1) is 0 Å². The molecule has 1 atom stereocenters. The Morgan fingerprint density at radius 2 is 1.97 bits per heavy atom. The summed E-state index contributed by atoms with van der Waals surface area (Å²) >= 11 is 2.75. The van der Waals surface area contributed by atoms with Gasteiger partial charge < -0.3 is 15.5 Å². The van der Waals surface area contributed by atoms with Gasteiger partial charge in [-0.15, -0.1) is 10.2 Å². The number of anilines is 4.